The highest BCUT2D eigenvalue weighted by molar-refractivity contribution is 8.01. The highest BCUT2D eigenvalue weighted by atomic mass is 35.5. The Morgan fingerprint density at radius 3 is 2.69 bits per heavy atom. The largest absolute Gasteiger partial charge is 0.323 e. The van der Waals surface area contributed by atoms with E-state index < -0.39 is 16.7 Å². The van der Waals surface area contributed by atoms with Crippen molar-refractivity contribution in [1.82, 2.24) is 4.90 Å². The molecular formula is C24H19ClFN3O2S. The van der Waals surface area contributed by atoms with E-state index in [9.17, 15) is 14.0 Å². The molecule has 0 aliphatic carbocycles. The molecule has 8 heteroatoms. The molecule has 0 saturated carbocycles. The van der Waals surface area contributed by atoms with Gasteiger partial charge in [0.1, 0.15) is 5.82 Å². The van der Waals surface area contributed by atoms with Crippen LogP contribution in [-0.2, 0) is 16.2 Å². The summed E-state index contributed by atoms with van der Waals surface area (Å²) in [4.78, 5) is 29.2. The average molecular weight is 468 g/mol. The molecule has 3 amide bonds. The maximum Gasteiger partial charge on any atom is 0.323 e. The maximum absolute atomic E-state index is 13.9. The summed E-state index contributed by atoms with van der Waals surface area (Å²) in [5.41, 5.74) is 2.70. The highest BCUT2D eigenvalue weighted by Gasteiger charge is 2.59. The second kappa shape index (κ2) is 8.15. The van der Waals surface area contributed by atoms with E-state index in [0.717, 1.165) is 16.8 Å². The smallest absolute Gasteiger partial charge is 0.308 e. The van der Waals surface area contributed by atoms with Gasteiger partial charge >= 0.3 is 6.03 Å². The summed E-state index contributed by atoms with van der Waals surface area (Å²) >= 11 is 7.80. The van der Waals surface area contributed by atoms with E-state index >= 15 is 0 Å². The molecule has 1 fully saturated rings. The van der Waals surface area contributed by atoms with Crippen molar-refractivity contribution in [3.8, 4) is 0 Å². The fourth-order valence-electron chi connectivity index (χ4n) is 4.28. The maximum atomic E-state index is 13.9. The van der Waals surface area contributed by atoms with Crippen LogP contribution in [0.15, 0.2) is 72.8 Å². The van der Waals surface area contributed by atoms with Gasteiger partial charge in [0.25, 0.3) is 5.91 Å². The number of nitrogens with one attached hydrogen (secondary N) is 1. The van der Waals surface area contributed by atoms with Gasteiger partial charge in [-0.1, -0.05) is 54.1 Å². The lowest BCUT2D eigenvalue weighted by Crippen LogP contribution is -2.51. The minimum absolute atomic E-state index is 0.185. The molecule has 3 aromatic carbocycles. The van der Waals surface area contributed by atoms with E-state index in [4.69, 9.17) is 11.6 Å². The normalized spacial score (nSPS) is 19.5. The fourth-order valence-corrected chi connectivity index (χ4v) is 5.94. The van der Waals surface area contributed by atoms with Crippen molar-refractivity contribution in [3.05, 3.63) is 94.8 Å². The number of nitrogens with zero attached hydrogens (tertiary/aromatic N) is 2. The Balaban J connectivity index is 1.52. The van der Waals surface area contributed by atoms with Gasteiger partial charge in [0.15, 0.2) is 4.87 Å². The molecule has 1 saturated heterocycles. The van der Waals surface area contributed by atoms with E-state index in [2.05, 4.69) is 5.32 Å². The molecule has 162 valence electrons. The molecule has 0 unspecified atom stereocenters. The van der Waals surface area contributed by atoms with Crippen LogP contribution in [-0.4, -0.2) is 29.1 Å². The molecule has 0 bridgehead atoms. The molecular weight excluding hydrogens is 449 g/mol. The van der Waals surface area contributed by atoms with Crippen molar-refractivity contribution in [1.29, 1.82) is 0 Å². The summed E-state index contributed by atoms with van der Waals surface area (Å²) < 4.78 is 13.6. The van der Waals surface area contributed by atoms with Crippen LogP contribution in [0.25, 0.3) is 0 Å². The highest BCUT2D eigenvalue weighted by Crippen LogP contribution is 2.54. The number of carbonyl (C=O) groups is 2. The van der Waals surface area contributed by atoms with Crippen LogP contribution in [0.3, 0.4) is 0 Å². The summed E-state index contributed by atoms with van der Waals surface area (Å²) in [7, 11) is 0. The summed E-state index contributed by atoms with van der Waals surface area (Å²) in [5, 5.41) is 3.32. The van der Waals surface area contributed by atoms with Gasteiger partial charge in [-0.05, 0) is 35.9 Å². The second-order valence-electron chi connectivity index (χ2n) is 7.58. The number of amides is 3. The first-order valence-corrected chi connectivity index (χ1v) is 11.5. The number of urea groups is 1. The van der Waals surface area contributed by atoms with Crippen molar-refractivity contribution >= 4 is 46.7 Å². The zero-order chi connectivity index (χ0) is 22.3. The Morgan fingerprint density at radius 1 is 1.09 bits per heavy atom. The SMILES string of the molecule is O=C(Nc1cccc(F)c1)N1CCS[C@]12C(=O)N(Cc1ccccc1Cl)c1ccccc12. The zero-order valence-electron chi connectivity index (χ0n) is 16.9. The van der Waals surface area contributed by atoms with Gasteiger partial charge in [0.05, 0.1) is 12.2 Å². The molecule has 2 heterocycles. The zero-order valence-corrected chi connectivity index (χ0v) is 18.5. The number of fused-ring (bicyclic) bond motifs is 2. The number of hydrogen-bond acceptors (Lipinski definition) is 3. The standard InChI is InChI=1S/C24H19ClFN3O2S/c25-20-10-3-1-6-16(20)15-28-21-11-4-2-9-19(21)24(22(28)30)29(12-13-32-24)23(31)27-18-8-5-7-17(26)14-18/h1-11,14H,12-13,15H2,(H,27,31)/t24-/m1/s1. The van der Waals surface area contributed by atoms with Crippen molar-refractivity contribution in [3.63, 3.8) is 0 Å². The Hall–Kier alpha value is -3.03. The van der Waals surface area contributed by atoms with Gasteiger partial charge in [0, 0.05) is 28.6 Å². The van der Waals surface area contributed by atoms with Crippen LogP contribution in [0, 0.1) is 5.82 Å². The lowest BCUT2D eigenvalue weighted by Gasteiger charge is -2.33. The molecule has 5 rings (SSSR count). The number of carbonyl (C=O) groups excluding carboxylic acids is 2. The van der Waals surface area contributed by atoms with E-state index in [1.165, 1.54) is 30.0 Å². The molecule has 0 aromatic heterocycles. The molecule has 0 radical (unpaired) electrons. The first kappa shape index (κ1) is 20.8. The Kier molecular flexibility index (Phi) is 5.31. The number of rotatable bonds is 3. The first-order valence-electron chi connectivity index (χ1n) is 10.1. The summed E-state index contributed by atoms with van der Waals surface area (Å²) in [6.45, 7) is 0.697. The van der Waals surface area contributed by atoms with Crippen molar-refractivity contribution < 1.29 is 14.0 Å². The van der Waals surface area contributed by atoms with Crippen molar-refractivity contribution in [2.45, 2.75) is 11.4 Å². The monoisotopic (exact) mass is 467 g/mol. The predicted octanol–water partition coefficient (Wildman–Crippen LogP) is 5.46. The van der Waals surface area contributed by atoms with Crippen molar-refractivity contribution in [2.24, 2.45) is 0 Å². The molecule has 3 aromatic rings. The average Bonchev–Trinajstić information content (AvgIpc) is 3.33. The van der Waals surface area contributed by atoms with Crippen LogP contribution < -0.4 is 10.2 Å². The van der Waals surface area contributed by atoms with Gasteiger partial charge in [-0.3, -0.25) is 9.69 Å². The summed E-state index contributed by atoms with van der Waals surface area (Å²) in [6.07, 6.45) is 0. The number of para-hydroxylation sites is 1. The fraction of sp³-hybridized carbons (Fsp3) is 0.167. The van der Waals surface area contributed by atoms with Crippen LogP contribution in [0.2, 0.25) is 5.02 Å². The van der Waals surface area contributed by atoms with E-state index in [0.29, 0.717) is 29.6 Å². The number of anilines is 2. The van der Waals surface area contributed by atoms with Gasteiger partial charge in [-0.15, -0.1) is 11.8 Å². The predicted molar refractivity (Wildman–Crippen MR) is 125 cm³/mol. The number of thioether (sulfide) groups is 1. The van der Waals surface area contributed by atoms with Gasteiger partial charge < -0.3 is 10.2 Å². The van der Waals surface area contributed by atoms with Crippen molar-refractivity contribution in [2.75, 3.05) is 22.5 Å². The first-order chi connectivity index (χ1) is 15.5. The summed E-state index contributed by atoms with van der Waals surface area (Å²) in [5.74, 6) is -0.0200. The Labute approximate surface area is 194 Å². The number of halogens is 2. The van der Waals surface area contributed by atoms with Crippen LogP contribution in [0.1, 0.15) is 11.1 Å². The van der Waals surface area contributed by atoms with Gasteiger partial charge in [-0.25, -0.2) is 9.18 Å². The molecule has 1 spiro atoms. The number of benzene rings is 3. The van der Waals surface area contributed by atoms with Gasteiger partial charge in [-0.2, -0.15) is 0 Å². The topological polar surface area (TPSA) is 52.7 Å². The second-order valence-corrected chi connectivity index (χ2v) is 9.28. The minimum atomic E-state index is -1.17. The third-order valence-corrected chi connectivity index (χ3v) is 7.50. The van der Waals surface area contributed by atoms with E-state index in [1.807, 2.05) is 42.5 Å². The molecule has 2 aliphatic rings. The molecule has 1 atom stereocenters. The van der Waals surface area contributed by atoms with E-state index in [1.54, 1.807) is 21.9 Å². The van der Waals surface area contributed by atoms with E-state index in [-0.39, 0.29) is 5.91 Å². The molecule has 2 aliphatic heterocycles. The van der Waals surface area contributed by atoms with Crippen LogP contribution in [0.4, 0.5) is 20.6 Å². The lowest BCUT2D eigenvalue weighted by molar-refractivity contribution is -0.123. The van der Waals surface area contributed by atoms with Crippen LogP contribution in [0.5, 0.6) is 0 Å². The minimum Gasteiger partial charge on any atom is -0.308 e. The molecule has 5 nitrogen and oxygen atoms in total. The summed E-state index contributed by atoms with van der Waals surface area (Å²) in [6, 6.07) is 20.2. The van der Waals surface area contributed by atoms with Gasteiger partial charge in [0.2, 0.25) is 0 Å². The van der Waals surface area contributed by atoms with Crippen LogP contribution >= 0.6 is 23.4 Å². The number of hydrogen-bond donors (Lipinski definition) is 1. The Bertz CT molecular complexity index is 1220. The quantitative estimate of drug-likeness (QED) is 0.556. The lowest BCUT2D eigenvalue weighted by atomic mass is 10.1. The third kappa shape index (κ3) is 3.32. The molecule has 32 heavy (non-hydrogen) atoms. The molecule has 1 N–H and O–H groups in total. The third-order valence-electron chi connectivity index (χ3n) is 5.71. The Morgan fingerprint density at radius 2 is 1.88 bits per heavy atom.